The number of benzene rings is 6. The fraction of sp³-hybridized carbons (Fsp3) is 0.0976. The first-order valence-electron chi connectivity index (χ1n) is 15.4. The molecule has 1 N–H and O–H groups in total. The number of hydrogen-bond acceptors (Lipinski definition) is 2. The molecule has 1 amide bonds. The molecule has 0 aliphatic carbocycles. The summed E-state index contributed by atoms with van der Waals surface area (Å²) in [4.78, 5) is 12.8. The molecule has 0 spiro atoms. The van der Waals surface area contributed by atoms with E-state index in [4.69, 9.17) is 4.74 Å². The number of anilines is 1. The largest absolute Gasteiger partial charge is 0.322 e. The van der Waals surface area contributed by atoms with Crippen molar-refractivity contribution in [1.29, 1.82) is 0 Å². The SMILES string of the molecule is Cc1cc(C)cc(C(=O)Nc2ccc(CCc3ccc(N=P(c4ccccc4)(c4ccccc4)c4ccccc4)cc3)cc2)c1. The minimum atomic E-state index is -2.30. The second kappa shape index (κ2) is 13.8. The Morgan fingerprint density at radius 3 is 1.42 bits per heavy atom. The first-order valence-corrected chi connectivity index (χ1v) is 17.1. The Hall–Kier alpha value is -4.98. The number of carbonyl (C=O) groups excluding carboxylic acids is 1. The number of nitrogens with zero attached hydrogens (tertiary/aromatic N) is 1. The van der Waals surface area contributed by atoms with Gasteiger partial charge in [-0.25, -0.2) is 0 Å². The van der Waals surface area contributed by atoms with E-state index in [-0.39, 0.29) is 5.91 Å². The Labute approximate surface area is 266 Å². The summed E-state index contributed by atoms with van der Waals surface area (Å²) in [7, 11) is -2.30. The van der Waals surface area contributed by atoms with E-state index in [2.05, 4.69) is 139 Å². The maximum Gasteiger partial charge on any atom is 0.255 e. The maximum absolute atomic E-state index is 12.8. The van der Waals surface area contributed by atoms with Gasteiger partial charge in [0.25, 0.3) is 5.91 Å². The molecule has 0 bridgehead atoms. The molecule has 4 heteroatoms. The molecule has 0 saturated heterocycles. The highest BCUT2D eigenvalue weighted by molar-refractivity contribution is 7.87. The van der Waals surface area contributed by atoms with Gasteiger partial charge in [0, 0.05) is 27.2 Å². The number of hydrogen-bond donors (Lipinski definition) is 1. The summed E-state index contributed by atoms with van der Waals surface area (Å²) in [5.74, 6) is -0.0849. The van der Waals surface area contributed by atoms with Crippen molar-refractivity contribution in [3.63, 3.8) is 0 Å². The number of nitrogens with one attached hydrogen (secondary N) is 1. The lowest BCUT2D eigenvalue weighted by molar-refractivity contribution is 0.102. The minimum absolute atomic E-state index is 0.0849. The third kappa shape index (κ3) is 7.06. The molecule has 222 valence electrons. The zero-order chi connectivity index (χ0) is 31.1. The molecule has 6 aromatic rings. The minimum Gasteiger partial charge on any atom is -0.322 e. The van der Waals surface area contributed by atoms with E-state index in [9.17, 15) is 4.79 Å². The molecular weight excluding hydrogens is 567 g/mol. The van der Waals surface area contributed by atoms with Crippen LogP contribution in [0, 0.1) is 13.8 Å². The summed E-state index contributed by atoms with van der Waals surface area (Å²) >= 11 is 0. The highest BCUT2D eigenvalue weighted by atomic mass is 31.2. The van der Waals surface area contributed by atoms with Gasteiger partial charge in [-0.15, -0.1) is 0 Å². The highest BCUT2D eigenvalue weighted by Crippen LogP contribution is 2.49. The van der Waals surface area contributed by atoms with Crippen LogP contribution in [0.4, 0.5) is 11.4 Å². The first-order chi connectivity index (χ1) is 22.0. The molecule has 0 aliphatic rings. The first kappa shape index (κ1) is 30.1. The predicted molar refractivity (Wildman–Crippen MR) is 191 cm³/mol. The third-order valence-electron chi connectivity index (χ3n) is 7.99. The summed E-state index contributed by atoms with van der Waals surface area (Å²) in [5.41, 5.74) is 7.13. The van der Waals surface area contributed by atoms with Gasteiger partial charge in [-0.3, -0.25) is 9.54 Å². The monoisotopic (exact) mass is 604 g/mol. The molecule has 45 heavy (non-hydrogen) atoms. The van der Waals surface area contributed by atoms with Crippen LogP contribution in [0.5, 0.6) is 0 Å². The van der Waals surface area contributed by atoms with E-state index in [1.165, 1.54) is 27.0 Å². The van der Waals surface area contributed by atoms with Crippen molar-refractivity contribution >= 4 is 40.2 Å². The van der Waals surface area contributed by atoms with Gasteiger partial charge in [-0.1, -0.05) is 132 Å². The van der Waals surface area contributed by atoms with Crippen molar-refractivity contribution in [1.82, 2.24) is 0 Å². The Morgan fingerprint density at radius 2 is 0.978 bits per heavy atom. The number of aryl methyl sites for hydroxylation is 4. The highest BCUT2D eigenvalue weighted by Gasteiger charge is 2.27. The lowest BCUT2D eigenvalue weighted by Gasteiger charge is -2.27. The average molecular weight is 605 g/mol. The smallest absolute Gasteiger partial charge is 0.255 e. The van der Waals surface area contributed by atoms with E-state index in [0.717, 1.165) is 35.3 Å². The van der Waals surface area contributed by atoms with Crippen molar-refractivity contribution in [3.8, 4) is 0 Å². The fourth-order valence-electron chi connectivity index (χ4n) is 5.81. The van der Waals surface area contributed by atoms with E-state index in [0.29, 0.717) is 5.56 Å². The van der Waals surface area contributed by atoms with Crippen molar-refractivity contribution in [3.05, 3.63) is 186 Å². The van der Waals surface area contributed by atoms with E-state index in [1.54, 1.807) is 0 Å². The van der Waals surface area contributed by atoms with Gasteiger partial charge in [0.05, 0.1) is 12.7 Å². The van der Waals surface area contributed by atoms with Crippen LogP contribution in [0.1, 0.15) is 32.6 Å². The van der Waals surface area contributed by atoms with Gasteiger partial charge < -0.3 is 5.32 Å². The molecule has 3 nitrogen and oxygen atoms in total. The lowest BCUT2D eigenvalue weighted by atomic mass is 10.0. The van der Waals surface area contributed by atoms with Gasteiger partial charge in [0.1, 0.15) is 0 Å². The second-order valence-electron chi connectivity index (χ2n) is 11.4. The fourth-order valence-corrected chi connectivity index (χ4v) is 9.34. The predicted octanol–water partition coefficient (Wildman–Crippen LogP) is 9.15. The standard InChI is InChI=1S/C41H37N2OP/c1-31-28-32(2)30-35(29-31)41(44)42-36-24-20-33(21-25-36)18-19-34-22-26-37(27-23-34)43-45(38-12-6-3-7-13-38,39-14-8-4-9-15-39)40-16-10-5-11-17-40/h3-17,20-30H,18-19H2,1-2H3,(H,42,44). The van der Waals surface area contributed by atoms with Gasteiger partial charge in [0.2, 0.25) is 0 Å². The second-order valence-corrected chi connectivity index (χ2v) is 14.5. The van der Waals surface area contributed by atoms with Gasteiger partial charge >= 0.3 is 0 Å². The summed E-state index contributed by atoms with van der Waals surface area (Å²) < 4.78 is 5.60. The van der Waals surface area contributed by atoms with Gasteiger partial charge in [0.15, 0.2) is 0 Å². The van der Waals surface area contributed by atoms with Gasteiger partial charge in [-0.2, -0.15) is 0 Å². The van der Waals surface area contributed by atoms with Crippen LogP contribution >= 0.6 is 7.05 Å². The molecule has 0 aromatic heterocycles. The van der Waals surface area contributed by atoms with Crippen molar-refractivity contribution in [2.24, 2.45) is 4.74 Å². The average Bonchev–Trinajstić information content (AvgIpc) is 3.08. The number of amides is 1. The molecule has 0 unspecified atom stereocenters. The van der Waals surface area contributed by atoms with E-state index >= 15 is 0 Å². The zero-order valence-corrected chi connectivity index (χ0v) is 26.6. The Bertz CT molecular complexity index is 1810. The van der Waals surface area contributed by atoms with Crippen LogP contribution in [0.25, 0.3) is 0 Å². The third-order valence-corrected chi connectivity index (χ3v) is 11.7. The van der Waals surface area contributed by atoms with Gasteiger partial charge in [-0.05, 0) is 74.2 Å². The van der Waals surface area contributed by atoms with Crippen molar-refractivity contribution in [2.45, 2.75) is 26.7 Å². The van der Waals surface area contributed by atoms with E-state index in [1.807, 2.05) is 38.1 Å². The molecule has 0 saturated carbocycles. The van der Waals surface area contributed by atoms with Crippen LogP contribution in [-0.2, 0) is 12.8 Å². The number of carbonyl (C=O) groups is 1. The topological polar surface area (TPSA) is 41.5 Å². The summed E-state index contributed by atoms with van der Waals surface area (Å²) in [6.07, 6.45) is 1.83. The Morgan fingerprint density at radius 1 is 0.556 bits per heavy atom. The molecule has 6 rings (SSSR count). The molecule has 0 heterocycles. The normalized spacial score (nSPS) is 11.2. The lowest BCUT2D eigenvalue weighted by Crippen LogP contribution is -2.25. The van der Waals surface area contributed by atoms with Crippen LogP contribution in [0.3, 0.4) is 0 Å². The quantitative estimate of drug-likeness (QED) is 0.164. The molecule has 6 aromatic carbocycles. The summed E-state index contributed by atoms with van der Waals surface area (Å²) in [6.45, 7) is 4.02. The molecule has 0 atom stereocenters. The van der Waals surface area contributed by atoms with E-state index < -0.39 is 7.05 Å². The molecule has 0 fully saturated rings. The van der Waals surface area contributed by atoms with Crippen LogP contribution < -0.4 is 21.2 Å². The van der Waals surface area contributed by atoms with Crippen LogP contribution in [0.15, 0.2) is 162 Å². The molecular formula is C41H37N2OP. The summed E-state index contributed by atoms with van der Waals surface area (Å²) in [6, 6.07) is 54.9. The van der Waals surface area contributed by atoms with Crippen molar-refractivity contribution in [2.75, 3.05) is 5.32 Å². The zero-order valence-electron chi connectivity index (χ0n) is 25.7. The Kier molecular flexibility index (Phi) is 9.19. The molecule has 0 radical (unpaired) electrons. The number of rotatable bonds is 9. The van der Waals surface area contributed by atoms with Crippen LogP contribution in [0.2, 0.25) is 0 Å². The maximum atomic E-state index is 12.8. The molecule has 0 aliphatic heterocycles. The van der Waals surface area contributed by atoms with Crippen molar-refractivity contribution < 1.29 is 4.79 Å². The van der Waals surface area contributed by atoms with Crippen LogP contribution in [-0.4, -0.2) is 5.91 Å². The Balaban J connectivity index is 1.21. The summed E-state index contributed by atoms with van der Waals surface area (Å²) in [5, 5.41) is 6.74.